The third-order valence-corrected chi connectivity index (χ3v) is 4.07. The second kappa shape index (κ2) is 5.72. The van der Waals surface area contributed by atoms with Crippen molar-refractivity contribution in [1.29, 1.82) is 0 Å². The molecule has 1 aliphatic heterocycles. The largest absolute Gasteiger partial charge is 0.368 e. The van der Waals surface area contributed by atoms with Crippen molar-refractivity contribution in [2.24, 2.45) is 5.73 Å². The van der Waals surface area contributed by atoms with E-state index in [0.29, 0.717) is 6.04 Å². The maximum absolute atomic E-state index is 5.87. The number of benzene rings is 1. The molecular weight excluding hydrogens is 222 g/mol. The van der Waals surface area contributed by atoms with E-state index in [4.69, 9.17) is 5.73 Å². The molecule has 18 heavy (non-hydrogen) atoms. The Hall–Kier alpha value is -1.06. The first-order valence-corrected chi connectivity index (χ1v) is 6.91. The topological polar surface area (TPSA) is 32.5 Å². The summed E-state index contributed by atoms with van der Waals surface area (Å²) in [6, 6.07) is 7.10. The molecule has 1 aliphatic rings. The number of anilines is 1. The van der Waals surface area contributed by atoms with Crippen molar-refractivity contribution >= 4 is 5.69 Å². The first kappa shape index (κ1) is 13.4. The molecule has 0 radical (unpaired) electrons. The fraction of sp³-hybridized carbons (Fsp3) is 0.600. The van der Waals surface area contributed by atoms with Crippen LogP contribution in [-0.2, 0) is 6.42 Å². The molecule has 3 heteroatoms. The summed E-state index contributed by atoms with van der Waals surface area (Å²) in [6.45, 7) is 8.43. The quantitative estimate of drug-likeness (QED) is 0.881. The zero-order chi connectivity index (χ0) is 13.1. The number of hydrogen-bond donors (Lipinski definition) is 1. The van der Waals surface area contributed by atoms with Crippen LogP contribution >= 0.6 is 0 Å². The van der Waals surface area contributed by atoms with Crippen LogP contribution in [0.15, 0.2) is 18.2 Å². The summed E-state index contributed by atoms with van der Waals surface area (Å²) in [7, 11) is 2.17. The molecule has 0 saturated carbocycles. The molecule has 0 bridgehead atoms. The normalized spacial score (nSPS) is 21.3. The van der Waals surface area contributed by atoms with Crippen molar-refractivity contribution in [3.8, 4) is 0 Å². The van der Waals surface area contributed by atoms with Crippen LogP contribution in [-0.4, -0.2) is 44.2 Å². The van der Waals surface area contributed by atoms with Crippen molar-refractivity contribution in [3.05, 3.63) is 29.3 Å². The molecule has 100 valence electrons. The Morgan fingerprint density at radius 2 is 2.11 bits per heavy atom. The molecular formula is C15H25N3. The molecule has 0 aromatic heterocycles. The summed E-state index contributed by atoms with van der Waals surface area (Å²) >= 11 is 0. The number of aryl methyl sites for hydroxylation is 2. The first-order valence-electron chi connectivity index (χ1n) is 6.91. The molecule has 0 spiro atoms. The predicted octanol–water partition coefficient (Wildman–Crippen LogP) is 1.64. The van der Waals surface area contributed by atoms with Gasteiger partial charge in [0.1, 0.15) is 0 Å². The fourth-order valence-corrected chi connectivity index (χ4v) is 2.86. The molecule has 1 aromatic rings. The number of rotatable bonds is 3. The Morgan fingerprint density at radius 3 is 2.78 bits per heavy atom. The maximum Gasteiger partial charge on any atom is 0.0429 e. The van der Waals surface area contributed by atoms with Gasteiger partial charge < -0.3 is 10.6 Å². The molecule has 1 aromatic carbocycles. The molecule has 1 heterocycles. The van der Waals surface area contributed by atoms with Crippen LogP contribution in [0.4, 0.5) is 5.69 Å². The molecule has 0 aliphatic carbocycles. The molecule has 3 nitrogen and oxygen atoms in total. The highest BCUT2D eigenvalue weighted by molar-refractivity contribution is 5.59. The fourth-order valence-electron chi connectivity index (χ4n) is 2.86. The third-order valence-electron chi connectivity index (χ3n) is 4.07. The Morgan fingerprint density at radius 1 is 1.33 bits per heavy atom. The average Bonchev–Trinajstić information content (AvgIpc) is 2.39. The van der Waals surface area contributed by atoms with Crippen molar-refractivity contribution < 1.29 is 0 Å². The van der Waals surface area contributed by atoms with E-state index >= 15 is 0 Å². The molecule has 2 N–H and O–H groups in total. The Balaban J connectivity index is 2.26. The van der Waals surface area contributed by atoms with E-state index in [0.717, 1.165) is 32.6 Å². The number of para-hydroxylation sites is 1. The Labute approximate surface area is 111 Å². The van der Waals surface area contributed by atoms with Gasteiger partial charge in [-0.1, -0.05) is 25.1 Å². The summed E-state index contributed by atoms with van der Waals surface area (Å²) in [6.07, 6.45) is 1.09. The number of nitrogens with zero attached hydrogens (tertiary/aromatic N) is 2. The summed E-state index contributed by atoms with van der Waals surface area (Å²) < 4.78 is 0. The first-order chi connectivity index (χ1) is 8.67. The zero-order valence-electron chi connectivity index (χ0n) is 11.8. The van der Waals surface area contributed by atoms with Crippen LogP contribution < -0.4 is 10.6 Å². The van der Waals surface area contributed by atoms with Gasteiger partial charge >= 0.3 is 0 Å². The second-order valence-corrected chi connectivity index (χ2v) is 5.25. The van der Waals surface area contributed by atoms with Crippen LogP contribution in [0.25, 0.3) is 0 Å². The van der Waals surface area contributed by atoms with Gasteiger partial charge in [-0.15, -0.1) is 0 Å². The molecule has 1 unspecified atom stereocenters. The number of hydrogen-bond acceptors (Lipinski definition) is 3. The molecule has 2 rings (SSSR count). The van der Waals surface area contributed by atoms with Gasteiger partial charge in [0.2, 0.25) is 0 Å². The van der Waals surface area contributed by atoms with Crippen molar-refractivity contribution in [2.75, 3.05) is 38.1 Å². The Bertz CT molecular complexity index is 403. The van der Waals surface area contributed by atoms with Gasteiger partial charge in [0.05, 0.1) is 0 Å². The number of piperazine rings is 1. The summed E-state index contributed by atoms with van der Waals surface area (Å²) in [5, 5.41) is 0. The summed E-state index contributed by atoms with van der Waals surface area (Å²) in [4.78, 5) is 4.89. The monoisotopic (exact) mass is 247 g/mol. The minimum atomic E-state index is 0.475. The summed E-state index contributed by atoms with van der Waals surface area (Å²) in [5.74, 6) is 0. The number of nitrogens with two attached hydrogens (primary N) is 1. The van der Waals surface area contributed by atoms with Crippen LogP contribution in [0.1, 0.15) is 18.1 Å². The Kier molecular flexibility index (Phi) is 4.25. The van der Waals surface area contributed by atoms with Crippen molar-refractivity contribution in [2.45, 2.75) is 26.3 Å². The highest BCUT2D eigenvalue weighted by Crippen LogP contribution is 2.27. The van der Waals surface area contributed by atoms with Gasteiger partial charge in [-0.05, 0) is 31.5 Å². The van der Waals surface area contributed by atoms with E-state index in [1.807, 2.05) is 0 Å². The van der Waals surface area contributed by atoms with Crippen LogP contribution in [0, 0.1) is 6.92 Å². The minimum absolute atomic E-state index is 0.475. The van der Waals surface area contributed by atoms with E-state index in [-0.39, 0.29) is 0 Å². The van der Waals surface area contributed by atoms with Gasteiger partial charge in [-0.25, -0.2) is 0 Å². The highest BCUT2D eigenvalue weighted by Gasteiger charge is 2.25. The van der Waals surface area contributed by atoms with Gasteiger partial charge in [-0.2, -0.15) is 0 Å². The lowest BCUT2D eigenvalue weighted by molar-refractivity contribution is 0.223. The molecule has 0 amide bonds. The standard InChI is InChI=1S/C15H25N3/c1-4-13-7-5-6-12(2)15(13)18-9-8-17(3)14(10-16)11-18/h5-7,14H,4,8-11,16H2,1-3H3. The van der Waals surface area contributed by atoms with E-state index in [9.17, 15) is 0 Å². The zero-order valence-corrected chi connectivity index (χ0v) is 11.8. The molecule has 1 atom stereocenters. The molecule has 1 saturated heterocycles. The molecule has 1 fully saturated rings. The van der Waals surface area contributed by atoms with E-state index in [1.54, 1.807) is 0 Å². The highest BCUT2D eigenvalue weighted by atomic mass is 15.3. The third kappa shape index (κ3) is 2.52. The van der Waals surface area contributed by atoms with Crippen LogP contribution in [0.5, 0.6) is 0 Å². The van der Waals surface area contributed by atoms with Gasteiger partial charge in [0.25, 0.3) is 0 Å². The lowest BCUT2D eigenvalue weighted by Gasteiger charge is -2.41. The number of likely N-dealkylation sites (N-methyl/N-ethyl adjacent to an activating group) is 1. The summed E-state index contributed by atoms with van der Waals surface area (Å²) in [5.41, 5.74) is 10.1. The lowest BCUT2D eigenvalue weighted by Crippen LogP contribution is -2.54. The van der Waals surface area contributed by atoms with Gasteiger partial charge in [0, 0.05) is 37.9 Å². The van der Waals surface area contributed by atoms with Gasteiger partial charge in [-0.3, -0.25) is 4.90 Å². The van der Waals surface area contributed by atoms with Crippen molar-refractivity contribution in [3.63, 3.8) is 0 Å². The minimum Gasteiger partial charge on any atom is -0.368 e. The van der Waals surface area contributed by atoms with Crippen molar-refractivity contribution in [1.82, 2.24) is 4.90 Å². The van der Waals surface area contributed by atoms with Crippen LogP contribution in [0.3, 0.4) is 0 Å². The average molecular weight is 247 g/mol. The van der Waals surface area contributed by atoms with Gasteiger partial charge in [0.15, 0.2) is 0 Å². The maximum atomic E-state index is 5.87. The lowest BCUT2D eigenvalue weighted by atomic mass is 10.0. The second-order valence-electron chi connectivity index (χ2n) is 5.25. The van der Waals surface area contributed by atoms with Crippen LogP contribution in [0.2, 0.25) is 0 Å². The van der Waals surface area contributed by atoms with E-state index in [1.165, 1.54) is 16.8 Å². The SMILES string of the molecule is CCc1cccc(C)c1N1CCN(C)C(CN)C1. The van der Waals surface area contributed by atoms with E-state index < -0.39 is 0 Å². The predicted molar refractivity (Wildman–Crippen MR) is 78.2 cm³/mol. The van der Waals surface area contributed by atoms with E-state index in [2.05, 4.69) is 48.9 Å². The smallest absolute Gasteiger partial charge is 0.0429 e.